The zero-order chi connectivity index (χ0) is 15.5. The molecule has 22 heavy (non-hydrogen) atoms. The van der Waals surface area contributed by atoms with E-state index in [1.807, 2.05) is 0 Å². The molecule has 0 aliphatic carbocycles. The van der Waals surface area contributed by atoms with Crippen LogP contribution in [0.15, 0.2) is 18.6 Å². The van der Waals surface area contributed by atoms with Crippen molar-refractivity contribution in [2.75, 3.05) is 26.2 Å². The molecule has 1 atom stereocenters. The van der Waals surface area contributed by atoms with Gasteiger partial charge in [0.15, 0.2) is 0 Å². The van der Waals surface area contributed by atoms with Crippen LogP contribution in [-0.2, 0) is 9.59 Å². The number of amides is 4. The van der Waals surface area contributed by atoms with E-state index < -0.39 is 6.03 Å². The highest BCUT2D eigenvalue weighted by Crippen LogP contribution is 2.25. The number of carbonyl (C=O) groups excluding carboxylic acids is 3. The lowest BCUT2D eigenvalue weighted by Gasteiger charge is -2.33. The Labute approximate surface area is 127 Å². The monoisotopic (exact) mass is 303 g/mol. The van der Waals surface area contributed by atoms with Gasteiger partial charge in [-0.3, -0.25) is 24.5 Å². The van der Waals surface area contributed by atoms with Crippen molar-refractivity contribution in [1.82, 2.24) is 25.1 Å². The molecule has 0 radical (unpaired) electrons. The van der Waals surface area contributed by atoms with Crippen molar-refractivity contribution in [3.05, 3.63) is 24.3 Å². The zero-order valence-electron chi connectivity index (χ0n) is 12.1. The van der Waals surface area contributed by atoms with Gasteiger partial charge < -0.3 is 10.2 Å². The van der Waals surface area contributed by atoms with Crippen molar-refractivity contribution in [1.29, 1.82) is 0 Å². The molecule has 2 saturated heterocycles. The van der Waals surface area contributed by atoms with Crippen LogP contribution in [0.2, 0.25) is 0 Å². The minimum atomic E-state index is -0.499. The third-order valence-electron chi connectivity index (χ3n) is 4.01. The molecule has 0 spiro atoms. The number of carbonyl (C=O) groups is 3. The third-order valence-corrected chi connectivity index (χ3v) is 4.01. The molecule has 4 amide bonds. The maximum Gasteiger partial charge on any atom is 0.325 e. The topological polar surface area (TPSA) is 95.5 Å². The summed E-state index contributed by atoms with van der Waals surface area (Å²) in [5.41, 5.74) is 0.870. The molecule has 8 heteroatoms. The first kappa shape index (κ1) is 14.4. The van der Waals surface area contributed by atoms with Crippen LogP contribution in [0.25, 0.3) is 0 Å². The van der Waals surface area contributed by atoms with E-state index >= 15 is 0 Å². The lowest BCUT2D eigenvalue weighted by atomic mass is 9.95. The summed E-state index contributed by atoms with van der Waals surface area (Å²) in [6.07, 6.45) is 6.80. The molecule has 0 bridgehead atoms. The minimum Gasteiger partial charge on any atom is -0.340 e. The van der Waals surface area contributed by atoms with E-state index in [0.29, 0.717) is 13.1 Å². The quantitative estimate of drug-likeness (QED) is 0.776. The third kappa shape index (κ3) is 2.90. The SMILES string of the molecule is O=C(CN1C(=O)CNC1=O)N1CCCC(c2cnccn2)C1. The number of nitrogens with zero attached hydrogens (tertiary/aromatic N) is 4. The predicted octanol–water partition coefficient (Wildman–Crippen LogP) is -0.266. The Balaban J connectivity index is 1.63. The molecule has 3 rings (SSSR count). The number of rotatable bonds is 3. The van der Waals surface area contributed by atoms with Crippen LogP contribution in [0.5, 0.6) is 0 Å². The highest BCUT2D eigenvalue weighted by atomic mass is 16.2. The van der Waals surface area contributed by atoms with Gasteiger partial charge in [0.25, 0.3) is 5.91 Å². The largest absolute Gasteiger partial charge is 0.340 e. The van der Waals surface area contributed by atoms with Gasteiger partial charge in [0.1, 0.15) is 6.54 Å². The first-order chi connectivity index (χ1) is 10.6. The first-order valence-electron chi connectivity index (χ1n) is 7.27. The Hall–Kier alpha value is -2.51. The van der Waals surface area contributed by atoms with Gasteiger partial charge in [-0.05, 0) is 12.8 Å². The summed E-state index contributed by atoms with van der Waals surface area (Å²) in [4.78, 5) is 46.4. The van der Waals surface area contributed by atoms with Crippen molar-refractivity contribution < 1.29 is 14.4 Å². The van der Waals surface area contributed by atoms with Crippen LogP contribution in [0, 0.1) is 0 Å². The van der Waals surface area contributed by atoms with E-state index in [0.717, 1.165) is 23.4 Å². The van der Waals surface area contributed by atoms with Crippen LogP contribution in [-0.4, -0.2) is 63.8 Å². The molecule has 2 aliphatic rings. The summed E-state index contributed by atoms with van der Waals surface area (Å²) in [6, 6.07) is -0.499. The van der Waals surface area contributed by atoms with Crippen molar-refractivity contribution in [2.45, 2.75) is 18.8 Å². The van der Waals surface area contributed by atoms with Gasteiger partial charge in [0.05, 0.1) is 12.2 Å². The van der Waals surface area contributed by atoms with Crippen molar-refractivity contribution in [2.24, 2.45) is 0 Å². The summed E-state index contributed by atoms with van der Waals surface area (Å²) in [7, 11) is 0. The smallest absolute Gasteiger partial charge is 0.325 e. The number of nitrogens with one attached hydrogen (secondary N) is 1. The number of aromatic nitrogens is 2. The number of likely N-dealkylation sites (tertiary alicyclic amines) is 1. The zero-order valence-corrected chi connectivity index (χ0v) is 12.1. The Bertz CT molecular complexity index is 575. The molecule has 8 nitrogen and oxygen atoms in total. The van der Waals surface area contributed by atoms with Crippen LogP contribution >= 0.6 is 0 Å². The van der Waals surface area contributed by atoms with Gasteiger partial charge in [-0.25, -0.2) is 4.79 Å². The van der Waals surface area contributed by atoms with E-state index in [4.69, 9.17) is 0 Å². The maximum atomic E-state index is 12.3. The van der Waals surface area contributed by atoms with Crippen LogP contribution in [0.4, 0.5) is 4.79 Å². The fourth-order valence-corrected chi connectivity index (χ4v) is 2.82. The molecule has 3 heterocycles. The van der Waals surface area contributed by atoms with Gasteiger partial charge in [-0.2, -0.15) is 0 Å². The van der Waals surface area contributed by atoms with E-state index in [1.165, 1.54) is 0 Å². The van der Waals surface area contributed by atoms with E-state index in [1.54, 1.807) is 23.5 Å². The molecule has 1 aromatic rings. The van der Waals surface area contributed by atoms with Gasteiger partial charge in [0, 0.05) is 37.6 Å². The molecular formula is C14H17N5O3. The summed E-state index contributed by atoms with van der Waals surface area (Å²) < 4.78 is 0. The maximum absolute atomic E-state index is 12.3. The molecule has 0 saturated carbocycles. The number of imide groups is 1. The van der Waals surface area contributed by atoms with Crippen molar-refractivity contribution in [3.8, 4) is 0 Å². The lowest BCUT2D eigenvalue weighted by Crippen LogP contribution is -2.46. The summed E-state index contributed by atoms with van der Waals surface area (Å²) >= 11 is 0. The lowest BCUT2D eigenvalue weighted by molar-refractivity contribution is -0.137. The Morgan fingerprint density at radius 1 is 1.36 bits per heavy atom. The molecule has 2 aliphatic heterocycles. The Morgan fingerprint density at radius 2 is 2.23 bits per heavy atom. The van der Waals surface area contributed by atoms with E-state index in [-0.39, 0.29) is 30.8 Å². The molecular weight excluding hydrogens is 286 g/mol. The normalized spacial score (nSPS) is 21.9. The fourth-order valence-electron chi connectivity index (χ4n) is 2.82. The minimum absolute atomic E-state index is 0.0334. The summed E-state index contributed by atoms with van der Waals surface area (Å²) in [5.74, 6) is -0.422. The summed E-state index contributed by atoms with van der Waals surface area (Å²) in [6.45, 7) is 0.951. The molecule has 1 aromatic heterocycles. The van der Waals surface area contributed by atoms with E-state index in [2.05, 4.69) is 15.3 Å². The summed E-state index contributed by atoms with van der Waals surface area (Å²) in [5, 5.41) is 2.41. The van der Waals surface area contributed by atoms with Crippen LogP contribution < -0.4 is 5.32 Å². The molecule has 116 valence electrons. The second kappa shape index (κ2) is 6.08. The van der Waals surface area contributed by atoms with Crippen molar-refractivity contribution >= 4 is 17.8 Å². The first-order valence-corrected chi connectivity index (χ1v) is 7.27. The number of hydrogen-bond donors (Lipinski definition) is 1. The van der Waals surface area contributed by atoms with Crippen LogP contribution in [0.3, 0.4) is 0 Å². The molecule has 0 aromatic carbocycles. The Morgan fingerprint density at radius 3 is 2.91 bits per heavy atom. The van der Waals surface area contributed by atoms with E-state index in [9.17, 15) is 14.4 Å². The average Bonchev–Trinajstić information content (AvgIpc) is 2.88. The van der Waals surface area contributed by atoms with Gasteiger partial charge >= 0.3 is 6.03 Å². The number of hydrogen-bond acceptors (Lipinski definition) is 5. The number of urea groups is 1. The second-order valence-corrected chi connectivity index (χ2v) is 5.45. The van der Waals surface area contributed by atoms with Gasteiger partial charge in [-0.1, -0.05) is 0 Å². The Kier molecular flexibility index (Phi) is 3.99. The van der Waals surface area contributed by atoms with Crippen LogP contribution in [0.1, 0.15) is 24.5 Å². The standard InChI is InChI=1S/C14H17N5O3/c20-12-7-17-14(22)19(12)9-13(21)18-5-1-2-10(8-18)11-6-15-3-4-16-11/h3-4,6,10H,1-2,5,7-9H2,(H,17,22). The van der Waals surface area contributed by atoms with Gasteiger partial charge in [0.2, 0.25) is 5.91 Å². The molecule has 1 unspecified atom stereocenters. The highest BCUT2D eigenvalue weighted by Gasteiger charge is 2.33. The fraction of sp³-hybridized carbons (Fsp3) is 0.500. The van der Waals surface area contributed by atoms with Crippen molar-refractivity contribution in [3.63, 3.8) is 0 Å². The van der Waals surface area contributed by atoms with Gasteiger partial charge in [-0.15, -0.1) is 0 Å². The highest BCUT2D eigenvalue weighted by molar-refractivity contribution is 6.04. The average molecular weight is 303 g/mol. The predicted molar refractivity (Wildman–Crippen MR) is 75.7 cm³/mol. The number of piperidine rings is 1. The molecule has 1 N–H and O–H groups in total. The molecule has 2 fully saturated rings. The second-order valence-electron chi connectivity index (χ2n) is 5.45.